The quantitative estimate of drug-likeness (QED) is 0.549. The molecule has 0 spiro atoms. The van der Waals surface area contributed by atoms with Gasteiger partial charge in [0.2, 0.25) is 5.95 Å². The number of rotatable bonds is 8. The van der Waals surface area contributed by atoms with Crippen molar-refractivity contribution in [3.8, 4) is 0 Å². The molecule has 0 unspecified atom stereocenters. The summed E-state index contributed by atoms with van der Waals surface area (Å²) in [5.41, 5.74) is 0.698. The van der Waals surface area contributed by atoms with Crippen molar-refractivity contribution < 1.29 is 13.2 Å². The minimum atomic E-state index is -1.51. The summed E-state index contributed by atoms with van der Waals surface area (Å²) in [5, 5.41) is 5.90. The molecule has 1 aliphatic rings. The molecule has 1 aromatic heterocycles. The second-order valence-electron chi connectivity index (χ2n) is 6.71. The maximum atomic E-state index is 13.9. The van der Waals surface area contributed by atoms with Crippen molar-refractivity contribution >= 4 is 17.5 Å². The van der Waals surface area contributed by atoms with Crippen LogP contribution in [0.2, 0.25) is 0 Å². The summed E-state index contributed by atoms with van der Waals surface area (Å²) in [7, 11) is 4.01. The molecule has 0 saturated heterocycles. The van der Waals surface area contributed by atoms with Crippen LogP contribution in [0.5, 0.6) is 0 Å². The molecule has 0 bridgehead atoms. The van der Waals surface area contributed by atoms with Gasteiger partial charge in [0.15, 0.2) is 17.5 Å². The van der Waals surface area contributed by atoms with E-state index < -0.39 is 17.5 Å². The predicted octanol–water partition coefficient (Wildman–Crippen LogP) is 3.88. The fraction of sp³-hybridized carbons (Fsp3) is 0.444. The largest absolute Gasteiger partial charge is 0.354 e. The van der Waals surface area contributed by atoms with Crippen molar-refractivity contribution in [1.82, 2.24) is 14.9 Å². The van der Waals surface area contributed by atoms with Crippen LogP contribution in [0.1, 0.15) is 30.9 Å². The van der Waals surface area contributed by atoms with Crippen molar-refractivity contribution in [2.75, 3.05) is 37.8 Å². The first-order valence-electron chi connectivity index (χ1n) is 8.62. The van der Waals surface area contributed by atoms with E-state index >= 15 is 0 Å². The number of anilines is 3. The Morgan fingerprint density at radius 3 is 2.58 bits per heavy atom. The summed E-state index contributed by atoms with van der Waals surface area (Å²) in [4.78, 5) is 10.9. The van der Waals surface area contributed by atoms with E-state index in [1.165, 1.54) is 0 Å². The van der Waals surface area contributed by atoms with Crippen LogP contribution < -0.4 is 10.6 Å². The molecule has 8 heteroatoms. The van der Waals surface area contributed by atoms with Crippen LogP contribution in [0.4, 0.5) is 30.6 Å². The highest BCUT2D eigenvalue weighted by Gasteiger charge is 2.26. The third kappa shape index (κ3) is 4.63. The molecule has 0 aliphatic heterocycles. The Bertz CT molecular complexity index is 778. The first kappa shape index (κ1) is 18.4. The zero-order valence-electron chi connectivity index (χ0n) is 14.8. The van der Waals surface area contributed by atoms with Crippen LogP contribution in [0, 0.1) is 17.5 Å². The van der Waals surface area contributed by atoms with Gasteiger partial charge >= 0.3 is 0 Å². The van der Waals surface area contributed by atoms with E-state index in [1.807, 2.05) is 14.1 Å². The third-order valence-electron chi connectivity index (χ3n) is 4.10. The summed E-state index contributed by atoms with van der Waals surface area (Å²) in [5.74, 6) is -2.83. The Balaban J connectivity index is 1.77. The molecule has 26 heavy (non-hydrogen) atoms. The van der Waals surface area contributed by atoms with Gasteiger partial charge in [-0.2, -0.15) is 4.98 Å². The maximum Gasteiger partial charge on any atom is 0.224 e. The van der Waals surface area contributed by atoms with Crippen molar-refractivity contribution in [2.45, 2.75) is 25.2 Å². The predicted molar refractivity (Wildman–Crippen MR) is 95.3 cm³/mol. The number of aromatic nitrogens is 2. The van der Waals surface area contributed by atoms with Gasteiger partial charge < -0.3 is 15.5 Å². The summed E-state index contributed by atoms with van der Waals surface area (Å²) >= 11 is 0. The highest BCUT2D eigenvalue weighted by Crippen LogP contribution is 2.40. The highest BCUT2D eigenvalue weighted by atomic mass is 19.2. The standard InChI is InChI=1S/C18H22F3N5/c1-26(2)9-3-8-22-18-24-14(11-4-5-11)10-15(25-18)23-13-7-6-12(19)16(20)17(13)21/h6-7,10-11H,3-5,8-9H2,1-2H3,(H2,22,23,24,25). The molecule has 3 rings (SSSR count). The molecule has 140 valence electrons. The number of hydrogen-bond donors (Lipinski definition) is 2. The van der Waals surface area contributed by atoms with E-state index in [9.17, 15) is 13.2 Å². The lowest BCUT2D eigenvalue weighted by molar-refractivity contribution is 0.405. The van der Waals surface area contributed by atoms with Gasteiger partial charge in [-0.3, -0.25) is 0 Å². The van der Waals surface area contributed by atoms with Crippen LogP contribution in [-0.4, -0.2) is 42.1 Å². The summed E-state index contributed by atoms with van der Waals surface area (Å²) in [6.45, 7) is 1.63. The second-order valence-corrected chi connectivity index (χ2v) is 6.71. The lowest BCUT2D eigenvalue weighted by Gasteiger charge is -2.13. The molecule has 0 radical (unpaired) electrons. The van der Waals surface area contributed by atoms with E-state index in [4.69, 9.17) is 0 Å². The first-order chi connectivity index (χ1) is 12.4. The number of benzene rings is 1. The van der Waals surface area contributed by atoms with Crippen molar-refractivity contribution in [2.24, 2.45) is 0 Å². The van der Waals surface area contributed by atoms with Gasteiger partial charge in [-0.1, -0.05) is 0 Å². The summed E-state index contributed by atoms with van der Waals surface area (Å²) in [6, 6.07) is 3.75. The molecule has 1 fully saturated rings. The monoisotopic (exact) mass is 365 g/mol. The van der Waals surface area contributed by atoms with Crippen LogP contribution in [0.3, 0.4) is 0 Å². The topological polar surface area (TPSA) is 53.1 Å². The molecule has 1 aliphatic carbocycles. The van der Waals surface area contributed by atoms with E-state index in [2.05, 4.69) is 25.5 Å². The van der Waals surface area contributed by atoms with Crippen molar-refractivity contribution in [3.05, 3.63) is 41.3 Å². The number of nitrogens with one attached hydrogen (secondary N) is 2. The minimum Gasteiger partial charge on any atom is -0.354 e. The maximum absolute atomic E-state index is 13.9. The molecular formula is C18H22F3N5. The molecule has 1 saturated carbocycles. The fourth-order valence-electron chi connectivity index (χ4n) is 2.55. The Kier molecular flexibility index (Phi) is 5.61. The third-order valence-corrected chi connectivity index (χ3v) is 4.10. The van der Waals surface area contributed by atoms with Gasteiger partial charge in [0, 0.05) is 18.5 Å². The average molecular weight is 365 g/mol. The molecule has 1 aromatic carbocycles. The normalized spacial score (nSPS) is 13.9. The van der Waals surface area contributed by atoms with Crippen molar-refractivity contribution in [3.63, 3.8) is 0 Å². The summed E-state index contributed by atoms with van der Waals surface area (Å²) < 4.78 is 40.4. The Labute approximate surface area is 150 Å². The van der Waals surface area contributed by atoms with Crippen LogP contribution in [0.15, 0.2) is 18.2 Å². The molecule has 5 nitrogen and oxygen atoms in total. The highest BCUT2D eigenvalue weighted by molar-refractivity contribution is 5.59. The van der Waals surface area contributed by atoms with Crippen LogP contribution in [-0.2, 0) is 0 Å². The Morgan fingerprint density at radius 2 is 1.88 bits per heavy atom. The lowest BCUT2D eigenvalue weighted by Crippen LogP contribution is -2.17. The van der Waals surface area contributed by atoms with Gasteiger partial charge in [-0.05, 0) is 52.0 Å². The van der Waals surface area contributed by atoms with E-state index in [0.717, 1.165) is 43.6 Å². The van der Waals surface area contributed by atoms with Crippen LogP contribution >= 0.6 is 0 Å². The van der Waals surface area contributed by atoms with E-state index in [-0.39, 0.29) is 5.69 Å². The SMILES string of the molecule is CN(C)CCCNc1nc(Nc2ccc(F)c(F)c2F)cc(C2CC2)n1. The number of hydrogen-bond acceptors (Lipinski definition) is 5. The molecule has 1 heterocycles. The van der Waals surface area contributed by atoms with E-state index in [0.29, 0.717) is 24.2 Å². The van der Waals surface area contributed by atoms with Gasteiger partial charge in [-0.15, -0.1) is 0 Å². The second kappa shape index (κ2) is 7.90. The smallest absolute Gasteiger partial charge is 0.224 e. The molecule has 0 atom stereocenters. The molecular weight excluding hydrogens is 343 g/mol. The van der Waals surface area contributed by atoms with Crippen LogP contribution in [0.25, 0.3) is 0 Å². The fourth-order valence-corrected chi connectivity index (χ4v) is 2.55. The number of nitrogens with zero attached hydrogens (tertiary/aromatic N) is 3. The van der Waals surface area contributed by atoms with Gasteiger partial charge in [0.25, 0.3) is 0 Å². The average Bonchev–Trinajstić information content (AvgIpc) is 3.44. The number of halogens is 3. The first-order valence-corrected chi connectivity index (χ1v) is 8.62. The molecule has 0 amide bonds. The summed E-state index contributed by atoms with van der Waals surface area (Å²) in [6.07, 6.45) is 3.02. The minimum absolute atomic E-state index is 0.164. The van der Waals surface area contributed by atoms with E-state index in [1.54, 1.807) is 6.07 Å². The molecule has 2 aromatic rings. The Morgan fingerprint density at radius 1 is 1.12 bits per heavy atom. The zero-order valence-corrected chi connectivity index (χ0v) is 14.8. The Hall–Kier alpha value is -2.35. The molecule has 2 N–H and O–H groups in total. The van der Waals surface area contributed by atoms with Gasteiger partial charge in [0.1, 0.15) is 5.82 Å². The lowest BCUT2D eigenvalue weighted by atomic mass is 10.2. The van der Waals surface area contributed by atoms with Gasteiger partial charge in [0.05, 0.1) is 11.4 Å². The zero-order chi connectivity index (χ0) is 18.7. The van der Waals surface area contributed by atoms with Gasteiger partial charge in [-0.25, -0.2) is 18.2 Å². The van der Waals surface area contributed by atoms with Crippen molar-refractivity contribution in [1.29, 1.82) is 0 Å².